The standard InChI is InChI=1S/C23H29FN2O2S/c24-22-6-2-1-4-19(22)15-25-10-7-18(8-11-25)14-26(16-21-5-3-12-28-21)23(27)20-9-13-29-17-20/h1-2,4,6,9,13,17-18,21H,3,5,7-8,10-12,14-16H2/t21-/m0/s1. The van der Waals surface area contributed by atoms with E-state index in [0.29, 0.717) is 19.0 Å². The summed E-state index contributed by atoms with van der Waals surface area (Å²) in [6.45, 7) is 4.82. The molecule has 4 rings (SSSR count). The van der Waals surface area contributed by atoms with Gasteiger partial charge in [0.2, 0.25) is 0 Å². The number of ether oxygens (including phenoxy) is 1. The Kier molecular flexibility index (Phi) is 6.95. The van der Waals surface area contributed by atoms with Gasteiger partial charge in [-0.25, -0.2) is 4.39 Å². The second-order valence-electron chi connectivity index (χ2n) is 8.17. The van der Waals surface area contributed by atoms with Crippen molar-refractivity contribution in [3.63, 3.8) is 0 Å². The molecule has 1 aromatic carbocycles. The maximum atomic E-state index is 13.9. The van der Waals surface area contributed by atoms with E-state index in [1.54, 1.807) is 17.4 Å². The molecule has 0 spiro atoms. The second kappa shape index (κ2) is 9.83. The summed E-state index contributed by atoms with van der Waals surface area (Å²) in [6, 6.07) is 8.93. The number of benzene rings is 1. The molecule has 0 saturated carbocycles. The van der Waals surface area contributed by atoms with Crippen molar-refractivity contribution in [2.24, 2.45) is 5.92 Å². The number of hydrogen-bond donors (Lipinski definition) is 0. The average molecular weight is 417 g/mol. The highest BCUT2D eigenvalue weighted by Crippen LogP contribution is 2.23. The molecule has 2 fully saturated rings. The number of carbonyl (C=O) groups is 1. The highest BCUT2D eigenvalue weighted by atomic mass is 32.1. The maximum absolute atomic E-state index is 13.9. The van der Waals surface area contributed by atoms with Crippen LogP contribution in [0, 0.1) is 11.7 Å². The first-order chi connectivity index (χ1) is 14.2. The van der Waals surface area contributed by atoms with E-state index in [2.05, 4.69) is 4.90 Å². The van der Waals surface area contributed by atoms with Crippen LogP contribution in [-0.2, 0) is 11.3 Å². The summed E-state index contributed by atoms with van der Waals surface area (Å²) in [4.78, 5) is 17.4. The largest absolute Gasteiger partial charge is 0.376 e. The lowest BCUT2D eigenvalue weighted by molar-refractivity contribution is 0.0445. The molecule has 0 bridgehead atoms. The predicted molar refractivity (Wildman–Crippen MR) is 114 cm³/mol. The number of rotatable bonds is 7. The van der Waals surface area contributed by atoms with Gasteiger partial charge in [-0.2, -0.15) is 11.3 Å². The Balaban J connectivity index is 1.33. The zero-order chi connectivity index (χ0) is 20.1. The number of thiophene rings is 1. The lowest BCUT2D eigenvalue weighted by Gasteiger charge is -2.35. The fourth-order valence-electron chi connectivity index (χ4n) is 4.35. The summed E-state index contributed by atoms with van der Waals surface area (Å²) >= 11 is 1.56. The third-order valence-corrected chi connectivity index (χ3v) is 6.72. The normalized spacial score (nSPS) is 20.8. The molecule has 2 aliphatic heterocycles. The van der Waals surface area contributed by atoms with E-state index in [9.17, 15) is 9.18 Å². The number of hydrogen-bond acceptors (Lipinski definition) is 4. The van der Waals surface area contributed by atoms with Gasteiger partial charge in [-0.1, -0.05) is 18.2 Å². The van der Waals surface area contributed by atoms with Crippen LogP contribution in [0.5, 0.6) is 0 Å². The van der Waals surface area contributed by atoms with E-state index < -0.39 is 0 Å². The van der Waals surface area contributed by atoms with Gasteiger partial charge in [0.25, 0.3) is 5.91 Å². The lowest BCUT2D eigenvalue weighted by Crippen LogP contribution is -2.43. The van der Waals surface area contributed by atoms with Crippen LogP contribution >= 0.6 is 11.3 Å². The Morgan fingerprint density at radius 2 is 2.00 bits per heavy atom. The van der Waals surface area contributed by atoms with Crippen molar-refractivity contribution in [2.75, 3.05) is 32.8 Å². The molecule has 0 radical (unpaired) electrons. The molecule has 2 saturated heterocycles. The maximum Gasteiger partial charge on any atom is 0.254 e. The summed E-state index contributed by atoms with van der Waals surface area (Å²) < 4.78 is 19.7. The van der Waals surface area contributed by atoms with Gasteiger partial charge >= 0.3 is 0 Å². The van der Waals surface area contributed by atoms with Crippen LogP contribution in [0.15, 0.2) is 41.1 Å². The zero-order valence-corrected chi connectivity index (χ0v) is 17.6. The zero-order valence-electron chi connectivity index (χ0n) is 16.8. The summed E-state index contributed by atoms with van der Waals surface area (Å²) in [5.74, 6) is 0.477. The van der Waals surface area contributed by atoms with Gasteiger partial charge in [0.15, 0.2) is 0 Å². The molecule has 1 atom stereocenters. The number of amides is 1. The van der Waals surface area contributed by atoms with Crippen LogP contribution in [0.1, 0.15) is 41.6 Å². The molecule has 1 aromatic heterocycles. The van der Waals surface area contributed by atoms with Crippen molar-refractivity contribution in [3.8, 4) is 0 Å². The molecule has 0 N–H and O–H groups in total. The highest BCUT2D eigenvalue weighted by Gasteiger charge is 2.28. The molecular formula is C23H29FN2O2S. The molecular weight excluding hydrogens is 387 g/mol. The molecule has 1 amide bonds. The molecule has 4 nitrogen and oxygen atoms in total. The summed E-state index contributed by atoms with van der Waals surface area (Å²) in [6.07, 6.45) is 4.35. The predicted octanol–water partition coefficient (Wildman–Crippen LogP) is 4.42. The third kappa shape index (κ3) is 5.44. The minimum absolute atomic E-state index is 0.121. The van der Waals surface area contributed by atoms with Gasteiger partial charge in [-0.05, 0) is 62.2 Å². The topological polar surface area (TPSA) is 32.8 Å². The van der Waals surface area contributed by atoms with E-state index >= 15 is 0 Å². The fourth-order valence-corrected chi connectivity index (χ4v) is 4.98. The minimum Gasteiger partial charge on any atom is -0.376 e. The SMILES string of the molecule is O=C(c1ccsc1)N(CC1CCN(Cc2ccccc2F)CC1)C[C@@H]1CCCO1. The Hall–Kier alpha value is -1.76. The van der Waals surface area contributed by atoms with E-state index in [1.165, 1.54) is 6.07 Å². The molecule has 2 aliphatic rings. The lowest BCUT2D eigenvalue weighted by atomic mass is 9.95. The van der Waals surface area contributed by atoms with Crippen LogP contribution in [-0.4, -0.2) is 54.6 Å². The molecule has 0 unspecified atom stereocenters. The molecule has 3 heterocycles. The van der Waals surface area contributed by atoms with Crippen LogP contribution in [0.4, 0.5) is 4.39 Å². The molecule has 2 aromatic rings. The highest BCUT2D eigenvalue weighted by molar-refractivity contribution is 7.08. The average Bonchev–Trinajstić information content (AvgIpc) is 3.44. The fraction of sp³-hybridized carbons (Fsp3) is 0.522. The van der Waals surface area contributed by atoms with E-state index in [1.807, 2.05) is 33.9 Å². The summed E-state index contributed by atoms with van der Waals surface area (Å²) in [7, 11) is 0. The van der Waals surface area contributed by atoms with Crippen molar-refractivity contribution in [1.29, 1.82) is 0 Å². The number of nitrogens with zero attached hydrogens (tertiary/aromatic N) is 2. The Bertz CT molecular complexity index is 784. The summed E-state index contributed by atoms with van der Waals surface area (Å²) in [5.41, 5.74) is 1.54. The van der Waals surface area contributed by atoms with Crippen molar-refractivity contribution in [1.82, 2.24) is 9.80 Å². The smallest absolute Gasteiger partial charge is 0.254 e. The van der Waals surface area contributed by atoms with Crippen molar-refractivity contribution in [3.05, 3.63) is 58.0 Å². The van der Waals surface area contributed by atoms with E-state index in [-0.39, 0.29) is 17.8 Å². The van der Waals surface area contributed by atoms with Gasteiger partial charge in [-0.15, -0.1) is 0 Å². The number of piperidine rings is 1. The van der Waals surface area contributed by atoms with Crippen LogP contribution in [0.25, 0.3) is 0 Å². The summed E-state index contributed by atoms with van der Waals surface area (Å²) in [5, 5.41) is 3.89. The van der Waals surface area contributed by atoms with Crippen molar-refractivity contribution < 1.29 is 13.9 Å². The first-order valence-corrected chi connectivity index (χ1v) is 11.5. The van der Waals surface area contributed by atoms with E-state index in [0.717, 1.165) is 63.1 Å². The van der Waals surface area contributed by atoms with Crippen molar-refractivity contribution in [2.45, 2.75) is 38.3 Å². The molecule has 0 aliphatic carbocycles. The Morgan fingerprint density at radius 3 is 2.69 bits per heavy atom. The van der Waals surface area contributed by atoms with Gasteiger partial charge < -0.3 is 9.64 Å². The Morgan fingerprint density at radius 1 is 1.17 bits per heavy atom. The third-order valence-electron chi connectivity index (χ3n) is 6.04. The van der Waals surface area contributed by atoms with Crippen LogP contribution in [0.2, 0.25) is 0 Å². The number of halogens is 1. The van der Waals surface area contributed by atoms with Gasteiger partial charge in [-0.3, -0.25) is 9.69 Å². The molecule has 6 heteroatoms. The van der Waals surface area contributed by atoms with Crippen LogP contribution in [0.3, 0.4) is 0 Å². The van der Waals surface area contributed by atoms with Gasteiger partial charge in [0.05, 0.1) is 11.7 Å². The van der Waals surface area contributed by atoms with Crippen molar-refractivity contribution >= 4 is 17.2 Å². The molecule has 29 heavy (non-hydrogen) atoms. The minimum atomic E-state index is -0.126. The van der Waals surface area contributed by atoms with Gasteiger partial charge in [0.1, 0.15) is 5.82 Å². The van der Waals surface area contributed by atoms with Gasteiger partial charge in [0, 0.05) is 37.2 Å². The first kappa shape index (κ1) is 20.5. The van der Waals surface area contributed by atoms with E-state index in [4.69, 9.17) is 4.74 Å². The number of likely N-dealkylation sites (tertiary alicyclic amines) is 1. The van der Waals surface area contributed by atoms with Crippen LogP contribution < -0.4 is 0 Å². The number of carbonyl (C=O) groups excluding carboxylic acids is 1. The monoisotopic (exact) mass is 416 g/mol. The molecule has 156 valence electrons. The first-order valence-electron chi connectivity index (χ1n) is 10.6. The Labute approximate surface area is 176 Å². The quantitative estimate of drug-likeness (QED) is 0.670. The second-order valence-corrected chi connectivity index (χ2v) is 8.95.